The second-order valence-corrected chi connectivity index (χ2v) is 6.61. The Kier molecular flexibility index (Phi) is 4.34. The number of benzene rings is 1. The van der Waals surface area contributed by atoms with E-state index in [4.69, 9.17) is 34.3 Å². The largest absolute Gasteiger partial charge is 0.378 e. The first kappa shape index (κ1) is 17.5. The highest BCUT2D eigenvalue weighted by molar-refractivity contribution is 7.80. The first-order chi connectivity index (χ1) is 13.0. The van der Waals surface area contributed by atoms with Crippen LogP contribution < -0.4 is 11.3 Å². The zero-order valence-electron chi connectivity index (χ0n) is 14.1. The average Bonchev–Trinajstić information content (AvgIpc) is 3.01. The van der Waals surface area contributed by atoms with Crippen molar-refractivity contribution >= 4 is 45.6 Å². The SMILES string of the molecule is COCc1nn2c(nnc3c(=O)n(C(N)=S)ccc32)c1-c1ccc(Cl)cc1. The number of nitrogens with two attached hydrogens (primary N) is 1. The number of pyridine rings is 1. The summed E-state index contributed by atoms with van der Waals surface area (Å²) in [5.41, 5.74) is 8.53. The first-order valence-corrected chi connectivity index (χ1v) is 8.64. The summed E-state index contributed by atoms with van der Waals surface area (Å²) in [6.07, 6.45) is 1.49. The van der Waals surface area contributed by atoms with Crippen molar-refractivity contribution in [3.8, 4) is 11.1 Å². The molecule has 8 nitrogen and oxygen atoms in total. The van der Waals surface area contributed by atoms with Crippen molar-refractivity contribution in [1.82, 2.24) is 24.4 Å². The number of nitrogens with zero attached hydrogens (tertiary/aromatic N) is 5. The molecule has 0 atom stereocenters. The molecule has 136 valence electrons. The van der Waals surface area contributed by atoms with E-state index >= 15 is 0 Å². The molecule has 0 radical (unpaired) electrons. The quantitative estimate of drug-likeness (QED) is 0.525. The number of thiocarbonyl (C=S) groups is 1. The van der Waals surface area contributed by atoms with Crippen molar-refractivity contribution in [3.05, 3.63) is 57.6 Å². The minimum Gasteiger partial charge on any atom is -0.378 e. The molecule has 0 bridgehead atoms. The molecule has 0 aliphatic heterocycles. The maximum absolute atomic E-state index is 12.6. The van der Waals surface area contributed by atoms with Crippen molar-refractivity contribution in [1.29, 1.82) is 0 Å². The summed E-state index contributed by atoms with van der Waals surface area (Å²) in [5.74, 6) is 0. The molecular formula is C17H13ClN6O2S. The van der Waals surface area contributed by atoms with Crippen LogP contribution in [0.3, 0.4) is 0 Å². The second-order valence-electron chi connectivity index (χ2n) is 5.76. The van der Waals surface area contributed by atoms with Gasteiger partial charge >= 0.3 is 0 Å². The summed E-state index contributed by atoms with van der Waals surface area (Å²) < 4.78 is 7.99. The lowest BCUT2D eigenvalue weighted by Crippen LogP contribution is -2.31. The Morgan fingerprint density at radius 2 is 2.00 bits per heavy atom. The minimum absolute atomic E-state index is 0.0637. The maximum Gasteiger partial charge on any atom is 0.286 e. The maximum atomic E-state index is 12.6. The van der Waals surface area contributed by atoms with E-state index in [1.54, 1.807) is 29.8 Å². The van der Waals surface area contributed by atoms with Gasteiger partial charge in [0, 0.05) is 18.3 Å². The average molecular weight is 401 g/mol. The highest BCUT2D eigenvalue weighted by atomic mass is 35.5. The summed E-state index contributed by atoms with van der Waals surface area (Å²) in [6, 6.07) is 8.98. The van der Waals surface area contributed by atoms with Gasteiger partial charge in [-0.3, -0.25) is 9.36 Å². The third-order valence-corrected chi connectivity index (χ3v) is 4.55. The molecule has 10 heteroatoms. The Bertz CT molecular complexity index is 1250. The molecule has 4 aromatic rings. The topological polar surface area (TPSA) is 100 Å². The van der Waals surface area contributed by atoms with Gasteiger partial charge in [-0.25, -0.2) is 4.52 Å². The van der Waals surface area contributed by atoms with Crippen LogP contribution in [0.15, 0.2) is 41.3 Å². The molecule has 3 aromatic heterocycles. The van der Waals surface area contributed by atoms with Crippen molar-refractivity contribution in [3.63, 3.8) is 0 Å². The summed E-state index contributed by atoms with van der Waals surface area (Å²) in [5, 5.41) is 13.5. The number of hydrogen-bond donors (Lipinski definition) is 1. The number of rotatable bonds is 3. The van der Waals surface area contributed by atoms with Gasteiger partial charge in [-0.15, -0.1) is 10.2 Å². The molecule has 4 rings (SSSR count). The van der Waals surface area contributed by atoms with E-state index in [9.17, 15) is 4.79 Å². The summed E-state index contributed by atoms with van der Waals surface area (Å²) in [4.78, 5) is 12.6. The molecule has 0 amide bonds. The van der Waals surface area contributed by atoms with Gasteiger partial charge in [0.1, 0.15) is 5.52 Å². The van der Waals surface area contributed by atoms with Gasteiger partial charge in [-0.05, 0) is 36.0 Å². The number of ether oxygens (including phenoxy) is 1. The monoisotopic (exact) mass is 400 g/mol. The lowest BCUT2D eigenvalue weighted by molar-refractivity contribution is 0.181. The fourth-order valence-corrected chi connectivity index (χ4v) is 3.18. The van der Waals surface area contributed by atoms with Crippen LogP contribution in [-0.4, -0.2) is 36.6 Å². The Hall–Kier alpha value is -2.88. The molecule has 0 saturated heterocycles. The van der Waals surface area contributed by atoms with E-state index in [0.717, 1.165) is 15.7 Å². The molecule has 0 unspecified atom stereocenters. The van der Waals surface area contributed by atoms with Crippen molar-refractivity contribution in [2.24, 2.45) is 5.73 Å². The number of hydrogen-bond acceptors (Lipinski definition) is 6. The smallest absolute Gasteiger partial charge is 0.286 e. The van der Waals surface area contributed by atoms with Gasteiger partial charge in [0.15, 0.2) is 16.3 Å². The van der Waals surface area contributed by atoms with E-state index in [2.05, 4.69) is 15.3 Å². The molecular weight excluding hydrogens is 388 g/mol. The number of halogens is 1. The van der Waals surface area contributed by atoms with Gasteiger partial charge in [0.2, 0.25) is 0 Å². The van der Waals surface area contributed by atoms with E-state index in [0.29, 0.717) is 21.9 Å². The van der Waals surface area contributed by atoms with E-state index in [1.807, 2.05) is 12.1 Å². The van der Waals surface area contributed by atoms with Crippen molar-refractivity contribution in [2.45, 2.75) is 6.61 Å². The second kappa shape index (κ2) is 6.69. The molecule has 0 aliphatic rings. The van der Waals surface area contributed by atoms with Crippen molar-refractivity contribution < 1.29 is 4.74 Å². The van der Waals surface area contributed by atoms with Gasteiger partial charge in [0.05, 0.1) is 17.9 Å². The Labute approximate surface area is 163 Å². The number of fused-ring (bicyclic) bond motifs is 3. The van der Waals surface area contributed by atoms with E-state index < -0.39 is 5.56 Å². The summed E-state index contributed by atoms with van der Waals surface area (Å²) in [7, 11) is 1.58. The normalized spacial score (nSPS) is 11.3. The molecule has 0 spiro atoms. The molecule has 1 aromatic carbocycles. The highest BCUT2D eigenvalue weighted by Gasteiger charge is 2.19. The lowest BCUT2D eigenvalue weighted by atomic mass is 10.1. The van der Waals surface area contributed by atoms with Crippen LogP contribution in [0.1, 0.15) is 5.69 Å². The minimum atomic E-state index is -0.453. The molecule has 2 N–H and O–H groups in total. The van der Waals surface area contributed by atoms with Crippen LogP contribution >= 0.6 is 23.8 Å². The molecule has 27 heavy (non-hydrogen) atoms. The predicted octanol–water partition coefficient (Wildman–Crippen LogP) is 2.00. The molecule has 3 heterocycles. The van der Waals surface area contributed by atoms with Crippen LogP contribution in [0.4, 0.5) is 0 Å². The van der Waals surface area contributed by atoms with Gasteiger partial charge in [0.25, 0.3) is 5.56 Å². The van der Waals surface area contributed by atoms with Crippen molar-refractivity contribution in [2.75, 3.05) is 7.11 Å². The van der Waals surface area contributed by atoms with Crippen LogP contribution in [0, 0.1) is 0 Å². The fourth-order valence-electron chi connectivity index (χ4n) is 2.91. The standard InChI is InChI=1S/C17H13ClN6O2S/c1-26-8-11-13(9-2-4-10(18)5-3-9)15-21-20-14-12(24(15)22-11)6-7-23(16(14)25)17(19)27/h2-7H,8H2,1H3,(H2,19,27). The van der Waals surface area contributed by atoms with E-state index in [1.165, 1.54) is 6.20 Å². The van der Waals surface area contributed by atoms with E-state index in [-0.39, 0.29) is 17.2 Å². The predicted molar refractivity (Wildman–Crippen MR) is 106 cm³/mol. The third-order valence-electron chi connectivity index (χ3n) is 4.10. The fraction of sp³-hybridized carbons (Fsp3) is 0.118. The zero-order chi connectivity index (χ0) is 19.1. The zero-order valence-corrected chi connectivity index (χ0v) is 15.7. The molecule has 0 fully saturated rings. The number of methoxy groups -OCH3 is 1. The Morgan fingerprint density at radius 1 is 1.26 bits per heavy atom. The van der Waals surface area contributed by atoms with Crippen LogP contribution in [0.2, 0.25) is 5.02 Å². The van der Waals surface area contributed by atoms with Gasteiger partial charge in [-0.2, -0.15) is 5.10 Å². The number of aromatic nitrogens is 5. The third kappa shape index (κ3) is 2.85. The Morgan fingerprint density at radius 3 is 2.67 bits per heavy atom. The van der Waals surface area contributed by atoms with Gasteiger partial charge < -0.3 is 10.5 Å². The first-order valence-electron chi connectivity index (χ1n) is 7.85. The highest BCUT2D eigenvalue weighted by Crippen LogP contribution is 2.29. The van der Waals surface area contributed by atoms with Gasteiger partial charge in [-0.1, -0.05) is 23.7 Å². The van der Waals surface area contributed by atoms with Crippen LogP contribution in [0.25, 0.3) is 27.8 Å². The Balaban J connectivity index is 2.06. The molecule has 0 aliphatic carbocycles. The summed E-state index contributed by atoms with van der Waals surface area (Å²) >= 11 is 10.9. The summed E-state index contributed by atoms with van der Waals surface area (Å²) in [6.45, 7) is 0.271. The van der Waals surface area contributed by atoms with Crippen LogP contribution in [0.5, 0.6) is 0 Å². The molecule has 0 saturated carbocycles. The lowest BCUT2D eigenvalue weighted by Gasteiger charge is -2.05. The van der Waals surface area contributed by atoms with Crippen LogP contribution in [-0.2, 0) is 11.3 Å².